The van der Waals surface area contributed by atoms with Crippen LogP contribution in [0.15, 0.2) is 48.7 Å². The Labute approximate surface area is 149 Å². The van der Waals surface area contributed by atoms with Crippen molar-refractivity contribution in [2.45, 2.75) is 6.92 Å². The molecule has 0 spiro atoms. The number of anilines is 4. The summed E-state index contributed by atoms with van der Waals surface area (Å²) in [4.78, 5) is 8.60. The van der Waals surface area contributed by atoms with Gasteiger partial charge in [-0.3, -0.25) is 0 Å². The summed E-state index contributed by atoms with van der Waals surface area (Å²) in [6.45, 7) is 1.90. The number of rotatable bonds is 5. The molecule has 0 aliphatic rings. The van der Waals surface area contributed by atoms with Gasteiger partial charge in [-0.05, 0) is 48.9 Å². The summed E-state index contributed by atoms with van der Waals surface area (Å²) in [7, 11) is 1.57. The summed E-state index contributed by atoms with van der Waals surface area (Å²) in [5.74, 6) is 1.28. The number of methoxy groups -OCH3 is 1. The minimum Gasteiger partial charge on any atom is -0.495 e. The molecule has 0 aliphatic carbocycles. The van der Waals surface area contributed by atoms with Gasteiger partial charge in [0.2, 0.25) is 5.95 Å². The number of nitrogens with one attached hydrogen (secondary N) is 2. The predicted octanol–water partition coefficient (Wildman–Crippen LogP) is 5.07. The van der Waals surface area contributed by atoms with Crippen LogP contribution in [-0.2, 0) is 0 Å². The summed E-state index contributed by atoms with van der Waals surface area (Å²) in [5.41, 5.74) is 2.35. The Kier molecular flexibility index (Phi) is 5.00. The second kappa shape index (κ2) is 7.36. The zero-order valence-corrected chi connectivity index (χ0v) is 14.4. The van der Waals surface area contributed by atoms with E-state index in [4.69, 9.17) is 16.3 Å². The standard InChI is InChI=1S/C18H16ClFN4O/c1-11-9-15(16(25-2)10-14(11)19)23-18-21-8-7-17(24-18)22-13-5-3-12(20)4-6-13/h3-10H,1-2H3,(H2,21,22,23,24). The van der Waals surface area contributed by atoms with Crippen LogP contribution in [0.2, 0.25) is 5.02 Å². The summed E-state index contributed by atoms with van der Waals surface area (Å²) in [6, 6.07) is 11.4. The monoisotopic (exact) mass is 358 g/mol. The molecule has 0 saturated carbocycles. The highest BCUT2D eigenvalue weighted by Crippen LogP contribution is 2.32. The topological polar surface area (TPSA) is 59.1 Å². The Hall–Kier alpha value is -2.86. The Morgan fingerprint density at radius 1 is 1.08 bits per heavy atom. The van der Waals surface area contributed by atoms with Crippen molar-refractivity contribution >= 4 is 34.7 Å². The third-order valence-corrected chi connectivity index (χ3v) is 3.91. The molecule has 0 bridgehead atoms. The molecule has 0 fully saturated rings. The molecule has 2 N–H and O–H groups in total. The maximum Gasteiger partial charge on any atom is 0.229 e. The van der Waals surface area contributed by atoms with Gasteiger partial charge in [-0.2, -0.15) is 4.98 Å². The fourth-order valence-corrected chi connectivity index (χ4v) is 2.37. The lowest BCUT2D eigenvalue weighted by molar-refractivity contribution is 0.416. The zero-order chi connectivity index (χ0) is 17.8. The second-order valence-corrected chi connectivity index (χ2v) is 5.73. The van der Waals surface area contributed by atoms with Gasteiger partial charge in [0.25, 0.3) is 0 Å². The Morgan fingerprint density at radius 2 is 1.84 bits per heavy atom. The van der Waals surface area contributed by atoms with Crippen molar-refractivity contribution in [3.63, 3.8) is 0 Å². The smallest absolute Gasteiger partial charge is 0.229 e. The first kappa shape index (κ1) is 17.0. The van der Waals surface area contributed by atoms with Crippen molar-refractivity contribution in [2.24, 2.45) is 0 Å². The van der Waals surface area contributed by atoms with Crippen LogP contribution in [0.1, 0.15) is 5.56 Å². The van der Waals surface area contributed by atoms with E-state index >= 15 is 0 Å². The molecule has 1 aromatic heterocycles. The Balaban J connectivity index is 1.82. The number of ether oxygens (including phenoxy) is 1. The molecule has 3 aromatic rings. The molecule has 0 atom stereocenters. The predicted molar refractivity (Wildman–Crippen MR) is 97.7 cm³/mol. The first-order valence-corrected chi connectivity index (χ1v) is 7.90. The summed E-state index contributed by atoms with van der Waals surface area (Å²) >= 11 is 6.12. The Morgan fingerprint density at radius 3 is 2.56 bits per heavy atom. The highest BCUT2D eigenvalue weighted by atomic mass is 35.5. The molecule has 0 amide bonds. The van der Waals surface area contributed by atoms with Crippen LogP contribution in [-0.4, -0.2) is 17.1 Å². The minimum atomic E-state index is -0.291. The zero-order valence-electron chi connectivity index (χ0n) is 13.7. The van der Waals surface area contributed by atoms with E-state index < -0.39 is 0 Å². The lowest BCUT2D eigenvalue weighted by Crippen LogP contribution is -2.02. The number of nitrogens with zero attached hydrogens (tertiary/aromatic N) is 2. The van der Waals surface area contributed by atoms with Gasteiger partial charge in [0.15, 0.2) is 0 Å². The molecule has 128 valence electrons. The average Bonchev–Trinajstić information content (AvgIpc) is 2.60. The van der Waals surface area contributed by atoms with Crippen molar-refractivity contribution in [3.05, 3.63) is 65.1 Å². The van der Waals surface area contributed by atoms with Crippen LogP contribution in [0.25, 0.3) is 0 Å². The summed E-state index contributed by atoms with van der Waals surface area (Å²) in [5, 5.41) is 6.84. The van der Waals surface area contributed by atoms with E-state index in [0.717, 1.165) is 11.3 Å². The normalized spacial score (nSPS) is 10.4. The van der Waals surface area contributed by atoms with Crippen molar-refractivity contribution in [3.8, 4) is 5.75 Å². The number of aromatic nitrogens is 2. The Bertz CT molecular complexity index is 887. The van der Waals surface area contributed by atoms with Gasteiger partial charge in [-0.25, -0.2) is 9.37 Å². The van der Waals surface area contributed by atoms with E-state index in [1.54, 1.807) is 37.6 Å². The third-order valence-electron chi connectivity index (χ3n) is 3.50. The molecule has 0 saturated heterocycles. The highest BCUT2D eigenvalue weighted by molar-refractivity contribution is 6.31. The van der Waals surface area contributed by atoms with E-state index in [-0.39, 0.29) is 5.82 Å². The first-order chi connectivity index (χ1) is 12.0. The van der Waals surface area contributed by atoms with Gasteiger partial charge in [0.1, 0.15) is 17.4 Å². The number of benzene rings is 2. The van der Waals surface area contributed by atoms with Crippen molar-refractivity contribution in [1.82, 2.24) is 9.97 Å². The molecule has 25 heavy (non-hydrogen) atoms. The van der Waals surface area contributed by atoms with Crippen LogP contribution in [0, 0.1) is 12.7 Å². The molecular formula is C18H16ClFN4O. The van der Waals surface area contributed by atoms with E-state index in [0.29, 0.717) is 28.2 Å². The fourth-order valence-electron chi connectivity index (χ4n) is 2.22. The quantitative estimate of drug-likeness (QED) is 0.666. The third kappa shape index (κ3) is 4.16. The number of aryl methyl sites for hydroxylation is 1. The number of hydrogen-bond acceptors (Lipinski definition) is 5. The van der Waals surface area contributed by atoms with Crippen molar-refractivity contribution in [2.75, 3.05) is 17.7 Å². The molecule has 0 radical (unpaired) electrons. The highest BCUT2D eigenvalue weighted by Gasteiger charge is 2.09. The number of halogens is 2. The van der Waals surface area contributed by atoms with Gasteiger partial charge in [0, 0.05) is 23.0 Å². The first-order valence-electron chi connectivity index (χ1n) is 7.52. The van der Waals surface area contributed by atoms with E-state index in [9.17, 15) is 4.39 Å². The van der Waals surface area contributed by atoms with Crippen LogP contribution < -0.4 is 15.4 Å². The maximum atomic E-state index is 13.0. The van der Waals surface area contributed by atoms with E-state index in [1.165, 1.54) is 12.1 Å². The molecule has 2 aromatic carbocycles. The minimum absolute atomic E-state index is 0.291. The second-order valence-electron chi connectivity index (χ2n) is 5.32. The van der Waals surface area contributed by atoms with Gasteiger partial charge in [-0.15, -0.1) is 0 Å². The van der Waals surface area contributed by atoms with Crippen molar-refractivity contribution < 1.29 is 9.13 Å². The fraction of sp³-hybridized carbons (Fsp3) is 0.111. The summed E-state index contributed by atoms with van der Waals surface area (Å²) < 4.78 is 18.3. The summed E-state index contributed by atoms with van der Waals surface area (Å²) in [6.07, 6.45) is 1.62. The molecule has 0 unspecified atom stereocenters. The van der Waals surface area contributed by atoms with Crippen molar-refractivity contribution in [1.29, 1.82) is 0 Å². The van der Waals surface area contributed by atoms with Gasteiger partial charge >= 0.3 is 0 Å². The van der Waals surface area contributed by atoms with Crippen LogP contribution >= 0.6 is 11.6 Å². The lowest BCUT2D eigenvalue weighted by Gasteiger charge is -2.13. The molecular weight excluding hydrogens is 343 g/mol. The number of hydrogen-bond donors (Lipinski definition) is 2. The van der Waals surface area contributed by atoms with E-state index in [1.807, 2.05) is 13.0 Å². The molecule has 0 aliphatic heterocycles. The van der Waals surface area contributed by atoms with Crippen LogP contribution in [0.5, 0.6) is 5.75 Å². The molecule has 5 nitrogen and oxygen atoms in total. The molecule has 3 rings (SSSR count). The lowest BCUT2D eigenvalue weighted by atomic mass is 10.2. The maximum absolute atomic E-state index is 13.0. The van der Waals surface area contributed by atoms with Gasteiger partial charge in [0.05, 0.1) is 12.8 Å². The van der Waals surface area contributed by atoms with Gasteiger partial charge in [-0.1, -0.05) is 11.6 Å². The molecule has 7 heteroatoms. The molecule has 1 heterocycles. The SMILES string of the molecule is COc1cc(Cl)c(C)cc1Nc1nccc(Nc2ccc(F)cc2)n1. The van der Waals surface area contributed by atoms with Crippen LogP contribution in [0.3, 0.4) is 0 Å². The van der Waals surface area contributed by atoms with E-state index in [2.05, 4.69) is 20.6 Å². The average molecular weight is 359 g/mol. The van der Waals surface area contributed by atoms with Gasteiger partial charge < -0.3 is 15.4 Å². The largest absolute Gasteiger partial charge is 0.495 e. The van der Waals surface area contributed by atoms with Crippen LogP contribution in [0.4, 0.5) is 27.5 Å².